The van der Waals surface area contributed by atoms with Crippen LogP contribution in [0, 0.1) is 5.92 Å². The molecule has 0 bridgehead atoms. The lowest BCUT2D eigenvalue weighted by Crippen LogP contribution is -2.33. The van der Waals surface area contributed by atoms with Gasteiger partial charge in [0.05, 0.1) is 7.11 Å². The van der Waals surface area contributed by atoms with E-state index in [-0.39, 0.29) is 29.9 Å². The third-order valence-electron chi connectivity index (χ3n) is 2.58. The SMILES string of the molecule is COC(=O)CCCCCN=C(N)NCCC(C)C.I. The predicted molar refractivity (Wildman–Crippen MR) is 89.8 cm³/mol. The van der Waals surface area contributed by atoms with Crippen LogP contribution >= 0.6 is 24.0 Å². The predicted octanol–water partition coefficient (Wildman–Crippen LogP) is 2.29. The van der Waals surface area contributed by atoms with Gasteiger partial charge < -0.3 is 15.8 Å². The summed E-state index contributed by atoms with van der Waals surface area (Å²) < 4.78 is 4.56. The number of hydrogen-bond acceptors (Lipinski definition) is 3. The topological polar surface area (TPSA) is 76.7 Å². The number of halogens is 1. The minimum Gasteiger partial charge on any atom is -0.469 e. The molecular formula is C13H28IN3O2. The molecule has 114 valence electrons. The number of methoxy groups -OCH3 is 1. The Morgan fingerprint density at radius 2 is 2.00 bits per heavy atom. The first-order valence-electron chi connectivity index (χ1n) is 6.67. The van der Waals surface area contributed by atoms with E-state index in [1.165, 1.54) is 7.11 Å². The second kappa shape index (κ2) is 13.9. The van der Waals surface area contributed by atoms with Gasteiger partial charge >= 0.3 is 5.97 Å². The van der Waals surface area contributed by atoms with Gasteiger partial charge in [-0.25, -0.2) is 0 Å². The summed E-state index contributed by atoms with van der Waals surface area (Å²) in [4.78, 5) is 15.1. The maximum Gasteiger partial charge on any atom is 0.305 e. The first-order chi connectivity index (χ1) is 8.56. The molecule has 0 heterocycles. The van der Waals surface area contributed by atoms with Crippen LogP contribution in [0.5, 0.6) is 0 Å². The van der Waals surface area contributed by atoms with Gasteiger partial charge in [0.1, 0.15) is 0 Å². The fourth-order valence-electron chi connectivity index (χ4n) is 1.40. The van der Waals surface area contributed by atoms with E-state index in [0.29, 0.717) is 24.8 Å². The van der Waals surface area contributed by atoms with Crippen molar-refractivity contribution >= 4 is 35.9 Å². The van der Waals surface area contributed by atoms with E-state index in [4.69, 9.17) is 5.73 Å². The number of nitrogens with one attached hydrogen (secondary N) is 1. The van der Waals surface area contributed by atoms with Gasteiger partial charge in [0.2, 0.25) is 0 Å². The number of nitrogens with zero attached hydrogens (tertiary/aromatic N) is 1. The van der Waals surface area contributed by atoms with Crippen LogP contribution in [0.4, 0.5) is 0 Å². The van der Waals surface area contributed by atoms with E-state index in [2.05, 4.69) is 28.9 Å². The maximum absolute atomic E-state index is 10.8. The number of esters is 1. The van der Waals surface area contributed by atoms with Crippen LogP contribution in [-0.4, -0.2) is 32.1 Å². The van der Waals surface area contributed by atoms with Gasteiger partial charge in [-0.3, -0.25) is 9.79 Å². The van der Waals surface area contributed by atoms with Crippen molar-refractivity contribution in [1.29, 1.82) is 0 Å². The Labute approximate surface area is 133 Å². The molecule has 3 N–H and O–H groups in total. The molecule has 0 fully saturated rings. The molecule has 0 saturated heterocycles. The standard InChI is InChI=1S/C13H27N3O2.HI/c1-11(2)8-10-16-13(14)15-9-6-4-5-7-12(17)18-3;/h11H,4-10H2,1-3H3,(H3,14,15,16);1H. The van der Waals surface area contributed by atoms with Crippen molar-refractivity contribution in [3.63, 3.8) is 0 Å². The lowest BCUT2D eigenvalue weighted by molar-refractivity contribution is -0.140. The molecule has 19 heavy (non-hydrogen) atoms. The van der Waals surface area contributed by atoms with E-state index >= 15 is 0 Å². The molecule has 0 aromatic heterocycles. The quantitative estimate of drug-likeness (QED) is 0.210. The van der Waals surface area contributed by atoms with Crippen LogP contribution in [0.1, 0.15) is 46.0 Å². The van der Waals surface area contributed by atoms with Crippen LogP contribution in [0.3, 0.4) is 0 Å². The molecule has 0 aliphatic heterocycles. The molecule has 0 aliphatic carbocycles. The highest BCUT2D eigenvalue weighted by molar-refractivity contribution is 14.0. The third kappa shape index (κ3) is 15.4. The number of ether oxygens (including phenoxy) is 1. The lowest BCUT2D eigenvalue weighted by atomic mass is 10.1. The van der Waals surface area contributed by atoms with Gasteiger partial charge in [-0.05, 0) is 25.2 Å². The van der Waals surface area contributed by atoms with Crippen molar-refractivity contribution in [3.8, 4) is 0 Å². The Morgan fingerprint density at radius 3 is 2.58 bits per heavy atom. The van der Waals surface area contributed by atoms with E-state index in [1.807, 2.05) is 0 Å². The average molecular weight is 385 g/mol. The fraction of sp³-hybridized carbons (Fsp3) is 0.846. The summed E-state index contributed by atoms with van der Waals surface area (Å²) in [6, 6.07) is 0. The van der Waals surface area contributed by atoms with Crippen molar-refractivity contribution in [2.24, 2.45) is 16.6 Å². The Hall–Kier alpha value is -0.530. The molecule has 0 spiro atoms. The summed E-state index contributed by atoms with van der Waals surface area (Å²) in [5, 5.41) is 3.09. The van der Waals surface area contributed by atoms with E-state index in [0.717, 1.165) is 32.2 Å². The molecule has 0 aliphatic rings. The van der Waals surface area contributed by atoms with Crippen LogP contribution in [-0.2, 0) is 9.53 Å². The van der Waals surface area contributed by atoms with Crippen LogP contribution in [0.2, 0.25) is 0 Å². The summed E-state index contributed by atoms with van der Waals surface area (Å²) in [5.41, 5.74) is 5.71. The van der Waals surface area contributed by atoms with E-state index in [9.17, 15) is 4.79 Å². The van der Waals surface area contributed by atoms with Gasteiger partial charge in [0.25, 0.3) is 0 Å². The zero-order valence-corrected chi connectivity index (χ0v) is 14.6. The summed E-state index contributed by atoms with van der Waals surface area (Å²) >= 11 is 0. The molecule has 0 aromatic carbocycles. The zero-order chi connectivity index (χ0) is 13.8. The molecule has 5 nitrogen and oxygen atoms in total. The molecule has 6 heteroatoms. The average Bonchev–Trinajstić information content (AvgIpc) is 2.32. The molecule has 0 atom stereocenters. The number of rotatable bonds is 9. The third-order valence-corrected chi connectivity index (χ3v) is 2.58. The van der Waals surface area contributed by atoms with Crippen molar-refractivity contribution in [2.45, 2.75) is 46.0 Å². The highest BCUT2D eigenvalue weighted by Gasteiger charge is 1.99. The highest BCUT2D eigenvalue weighted by atomic mass is 127. The van der Waals surface area contributed by atoms with Crippen LogP contribution in [0.15, 0.2) is 4.99 Å². The Balaban J connectivity index is 0. The highest BCUT2D eigenvalue weighted by Crippen LogP contribution is 2.01. The second-order valence-electron chi connectivity index (χ2n) is 4.76. The van der Waals surface area contributed by atoms with Crippen molar-refractivity contribution in [3.05, 3.63) is 0 Å². The first-order valence-corrected chi connectivity index (χ1v) is 6.67. The second-order valence-corrected chi connectivity index (χ2v) is 4.76. The van der Waals surface area contributed by atoms with Crippen LogP contribution in [0.25, 0.3) is 0 Å². The van der Waals surface area contributed by atoms with Gasteiger partial charge in [-0.15, -0.1) is 24.0 Å². The molecule has 0 amide bonds. The van der Waals surface area contributed by atoms with Crippen LogP contribution < -0.4 is 11.1 Å². The molecule has 0 radical (unpaired) electrons. The monoisotopic (exact) mass is 385 g/mol. The number of aliphatic imine (C=N–C) groups is 1. The Bertz CT molecular complexity index is 258. The Morgan fingerprint density at radius 1 is 1.32 bits per heavy atom. The first kappa shape index (κ1) is 20.8. The van der Waals surface area contributed by atoms with E-state index < -0.39 is 0 Å². The summed E-state index contributed by atoms with van der Waals surface area (Å²) in [5.74, 6) is 1.04. The molecular weight excluding hydrogens is 357 g/mol. The number of carbonyl (C=O) groups is 1. The summed E-state index contributed by atoms with van der Waals surface area (Å²) in [6.07, 6.45) is 4.35. The minimum absolute atomic E-state index is 0. The van der Waals surface area contributed by atoms with Crippen molar-refractivity contribution < 1.29 is 9.53 Å². The van der Waals surface area contributed by atoms with Gasteiger partial charge in [0.15, 0.2) is 5.96 Å². The van der Waals surface area contributed by atoms with Crippen molar-refractivity contribution in [2.75, 3.05) is 20.2 Å². The molecule has 0 saturated carbocycles. The minimum atomic E-state index is -0.145. The zero-order valence-electron chi connectivity index (χ0n) is 12.3. The lowest BCUT2D eigenvalue weighted by Gasteiger charge is -2.07. The summed E-state index contributed by atoms with van der Waals surface area (Å²) in [7, 11) is 1.41. The number of unbranched alkanes of at least 4 members (excludes halogenated alkanes) is 2. The number of hydrogen-bond donors (Lipinski definition) is 2. The molecule has 0 aromatic rings. The largest absolute Gasteiger partial charge is 0.469 e. The Kier molecular flexibility index (Phi) is 15.2. The fourth-order valence-corrected chi connectivity index (χ4v) is 1.40. The summed E-state index contributed by atoms with van der Waals surface area (Å²) in [6.45, 7) is 5.93. The normalized spacial score (nSPS) is 11.1. The number of carbonyl (C=O) groups excluding carboxylic acids is 1. The van der Waals surface area contributed by atoms with E-state index in [1.54, 1.807) is 0 Å². The maximum atomic E-state index is 10.8. The van der Waals surface area contributed by atoms with Gasteiger partial charge in [0, 0.05) is 19.5 Å². The molecule has 0 unspecified atom stereocenters. The molecule has 0 rings (SSSR count). The van der Waals surface area contributed by atoms with Gasteiger partial charge in [-0.1, -0.05) is 20.3 Å². The van der Waals surface area contributed by atoms with Crippen molar-refractivity contribution in [1.82, 2.24) is 5.32 Å². The smallest absolute Gasteiger partial charge is 0.305 e. The van der Waals surface area contributed by atoms with Gasteiger partial charge in [-0.2, -0.15) is 0 Å². The number of guanidine groups is 1. The number of nitrogens with two attached hydrogens (primary N) is 1.